The van der Waals surface area contributed by atoms with Crippen LogP contribution in [0.3, 0.4) is 0 Å². The van der Waals surface area contributed by atoms with E-state index in [1.165, 1.54) is 0 Å². The van der Waals surface area contributed by atoms with Crippen molar-refractivity contribution < 1.29 is 14.7 Å². The van der Waals surface area contributed by atoms with Gasteiger partial charge in [0.2, 0.25) is 0 Å². The predicted octanol–water partition coefficient (Wildman–Crippen LogP) is 1.25. The van der Waals surface area contributed by atoms with Gasteiger partial charge in [-0.25, -0.2) is 4.79 Å². The largest absolute Gasteiger partial charge is 0.448 e. The fourth-order valence-corrected chi connectivity index (χ4v) is 0.529. The van der Waals surface area contributed by atoms with Gasteiger partial charge in [0, 0.05) is 0 Å². The van der Waals surface area contributed by atoms with Gasteiger partial charge >= 0.3 is 6.09 Å². The second-order valence-electron chi connectivity index (χ2n) is 2.23. The number of unbranched alkanes of at least 4 members (excludes halogenated alkanes) is 1. The zero-order chi connectivity index (χ0) is 9.40. The summed E-state index contributed by atoms with van der Waals surface area (Å²) >= 11 is 0. The highest BCUT2D eigenvalue weighted by Crippen LogP contribution is 1.92. The van der Waals surface area contributed by atoms with Crippen LogP contribution in [0.2, 0.25) is 0 Å². The highest BCUT2D eigenvalue weighted by atomic mass is 16.6. The Morgan fingerprint density at radius 2 is 2.42 bits per heavy atom. The van der Waals surface area contributed by atoms with Gasteiger partial charge in [0.05, 0.1) is 6.61 Å². The minimum atomic E-state index is -0.790. The number of nitrogens with zero attached hydrogens (tertiary/aromatic N) is 1. The third kappa shape index (κ3) is 4.58. The summed E-state index contributed by atoms with van der Waals surface area (Å²) in [7, 11) is 0. The van der Waals surface area contributed by atoms with E-state index in [1.54, 1.807) is 0 Å². The number of rotatable bonds is 4. The van der Waals surface area contributed by atoms with Crippen molar-refractivity contribution in [2.24, 2.45) is 0 Å². The first-order valence-corrected chi connectivity index (χ1v) is 3.79. The number of ether oxygens (including phenoxy) is 1. The Morgan fingerprint density at radius 1 is 1.75 bits per heavy atom. The van der Waals surface area contributed by atoms with E-state index in [2.05, 4.69) is 10.7 Å². The van der Waals surface area contributed by atoms with E-state index in [0.717, 1.165) is 12.8 Å². The summed E-state index contributed by atoms with van der Waals surface area (Å²) in [6.07, 6.45) is 5.80. The van der Waals surface area contributed by atoms with Crippen LogP contribution in [0.25, 0.3) is 0 Å². The number of terminal acetylenes is 1. The molecule has 0 radical (unpaired) electrons. The molecule has 1 N–H and O–H groups in total. The van der Waals surface area contributed by atoms with Gasteiger partial charge in [0.25, 0.3) is 0 Å². The topological polar surface area (TPSA) is 49.8 Å². The normalized spacial score (nSPS) is 8.75. The summed E-state index contributed by atoms with van der Waals surface area (Å²) in [5, 5.41) is 9.20. The van der Waals surface area contributed by atoms with Gasteiger partial charge in [-0.05, 0) is 6.42 Å². The number of carbonyl (C=O) groups is 1. The van der Waals surface area contributed by atoms with Crippen molar-refractivity contribution in [2.45, 2.75) is 19.8 Å². The molecule has 0 unspecified atom stereocenters. The fraction of sp³-hybridized carbons (Fsp3) is 0.625. The smallest absolute Gasteiger partial charge is 0.434 e. The van der Waals surface area contributed by atoms with Crippen LogP contribution < -0.4 is 0 Å². The third-order valence-electron chi connectivity index (χ3n) is 1.18. The molecule has 4 heteroatoms. The van der Waals surface area contributed by atoms with Crippen molar-refractivity contribution >= 4 is 6.09 Å². The first kappa shape index (κ1) is 10.8. The summed E-state index contributed by atoms with van der Waals surface area (Å²) in [5.74, 6) is 2.11. The second-order valence-corrected chi connectivity index (χ2v) is 2.23. The van der Waals surface area contributed by atoms with Gasteiger partial charge in [0.15, 0.2) is 0 Å². The molecule has 0 aliphatic heterocycles. The Labute approximate surface area is 72.1 Å². The molecule has 0 aliphatic carbocycles. The maximum atomic E-state index is 10.8. The second kappa shape index (κ2) is 6.50. The van der Waals surface area contributed by atoms with Crippen LogP contribution in [0.4, 0.5) is 4.79 Å². The molecular formula is C8H13NO3. The summed E-state index contributed by atoms with van der Waals surface area (Å²) in [6, 6.07) is 0. The zero-order valence-electron chi connectivity index (χ0n) is 7.12. The summed E-state index contributed by atoms with van der Waals surface area (Å²) < 4.78 is 4.64. The first-order valence-electron chi connectivity index (χ1n) is 3.79. The van der Waals surface area contributed by atoms with Crippen LogP contribution in [-0.2, 0) is 4.74 Å². The molecule has 0 heterocycles. The van der Waals surface area contributed by atoms with Crippen molar-refractivity contribution in [3.05, 3.63) is 0 Å². The van der Waals surface area contributed by atoms with E-state index in [4.69, 9.17) is 11.6 Å². The predicted molar refractivity (Wildman–Crippen MR) is 43.6 cm³/mol. The van der Waals surface area contributed by atoms with E-state index in [0.29, 0.717) is 11.7 Å². The quantitative estimate of drug-likeness (QED) is 0.300. The standard InChI is InChI=1S/C8H13NO3/c1-3-5-7-12-8(10)9(11)6-4-2/h2,11H,3,5-7H2,1H3. The molecule has 0 spiro atoms. The molecule has 0 aromatic carbocycles. The lowest BCUT2D eigenvalue weighted by Gasteiger charge is -2.11. The number of amides is 1. The van der Waals surface area contributed by atoms with Crippen molar-refractivity contribution in [3.8, 4) is 12.3 Å². The number of hydroxylamine groups is 2. The maximum Gasteiger partial charge on any atom is 0.434 e. The highest BCUT2D eigenvalue weighted by Gasteiger charge is 2.09. The van der Waals surface area contributed by atoms with Crippen molar-refractivity contribution in [1.29, 1.82) is 0 Å². The molecule has 68 valence electrons. The van der Waals surface area contributed by atoms with Crippen LogP contribution >= 0.6 is 0 Å². The van der Waals surface area contributed by atoms with Gasteiger partial charge < -0.3 is 4.74 Å². The van der Waals surface area contributed by atoms with Gasteiger partial charge in [0.1, 0.15) is 6.54 Å². The van der Waals surface area contributed by atoms with Crippen LogP contribution in [0.1, 0.15) is 19.8 Å². The van der Waals surface area contributed by atoms with E-state index in [9.17, 15) is 4.79 Å². The molecule has 0 aromatic heterocycles. The number of hydrogen-bond donors (Lipinski definition) is 1. The van der Waals surface area contributed by atoms with Crippen LogP contribution in [0.5, 0.6) is 0 Å². The maximum absolute atomic E-state index is 10.8. The van der Waals surface area contributed by atoms with Gasteiger partial charge in [-0.3, -0.25) is 5.21 Å². The molecule has 0 aliphatic rings. The lowest BCUT2D eigenvalue weighted by Crippen LogP contribution is -2.28. The molecular weight excluding hydrogens is 158 g/mol. The van der Waals surface area contributed by atoms with Crippen molar-refractivity contribution in [2.75, 3.05) is 13.2 Å². The Hall–Kier alpha value is -1.21. The zero-order valence-corrected chi connectivity index (χ0v) is 7.12. The van der Waals surface area contributed by atoms with Crippen LogP contribution in [0, 0.1) is 12.3 Å². The Kier molecular flexibility index (Phi) is 5.84. The van der Waals surface area contributed by atoms with E-state index in [1.807, 2.05) is 6.92 Å². The summed E-state index contributed by atoms with van der Waals surface area (Å²) in [4.78, 5) is 10.8. The molecule has 0 atom stereocenters. The lowest BCUT2D eigenvalue weighted by molar-refractivity contribution is -0.0639. The monoisotopic (exact) mass is 171 g/mol. The van der Waals surface area contributed by atoms with Crippen molar-refractivity contribution in [3.63, 3.8) is 0 Å². The number of carbonyl (C=O) groups excluding carboxylic acids is 1. The molecule has 12 heavy (non-hydrogen) atoms. The molecule has 0 fully saturated rings. The molecule has 1 amide bonds. The Morgan fingerprint density at radius 3 is 2.92 bits per heavy atom. The van der Waals surface area contributed by atoms with E-state index >= 15 is 0 Å². The average Bonchev–Trinajstić information content (AvgIpc) is 2.05. The van der Waals surface area contributed by atoms with E-state index in [-0.39, 0.29) is 6.54 Å². The Balaban J connectivity index is 3.51. The molecule has 0 bridgehead atoms. The molecule has 4 nitrogen and oxygen atoms in total. The lowest BCUT2D eigenvalue weighted by atomic mass is 10.4. The minimum Gasteiger partial charge on any atom is -0.448 e. The molecule has 0 saturated heterocycles. The van der Waals surface area contributed by atoms with Gasteiger partial charge in [-0.15, -0.1) is 6.42 Å². The summed E-state index contributed by atoms with van der Waals surface area (Å²) in [6.45, 7) is 2.15. The van der Waals surface area contributed by atoms with E-state index < -0.39 is 6.09 Å². The van der Waals surface area contributed by atoms with Gasteiger partial charge in [-0.2, -0.15) is 5.06 Å². The van der Waals surface area contributed by atoms with Crippen LogP contribution in [0.15, 0.2) is 0 Å². The molecule has 0 rings (SSSR count). The van der Waals surface area contributed by atoms with Crippen molar-refractivity contribution in [1.82, 2.24) is 5.06 Å². The first-order chi connectivity index (χ1) is 5.72. The average molecular weight is 171 g/mol. The summed E-state index contributed by atoms with van der Waals surface area (Å²) in [5.41, 5.74) is 0. The number of hydrogen-bond acceptors (Lipinski definition) is 3. The molecule has 0 saturated carbocycles. The van der Waals surface area contributed by atoms with Crippen LogP contribution in [-0.4, -0.2) is 29.5 Å². The minimum absolute atomic E-state index is 0.148. The Bertz CT molecular complexity index is 174. The fourth-order valence-electron chi connectivity index (χ4n) is 0.529. The third-order valence-corrected chi connectivity index (χ3v) is 1.18. The van der Waals surface area contributed by atoms with Gasteiger partial charge in [-0.1, -0.05) is 19.3 Å². The molecule has 0 aromatic rings. The highest BCUT2D eigenvalue weighted by molar-refractivity contribution is 5.66. The SMILES string of the molecule is C#CCN(O)C(=O)OCCCC.